The Hall–Kier alpha value is -0.0800. The van der Waals surface area contributed by atoms with E-state index in [9.17, 15) is 0 Å². The predicted molar refractivity (Wildman–Crippen MR) is 80.6 cm³/mol. The van der Waals surface area contributed by atoms with Crippen LogP contribution in [0.2, 0.25) is 0 Å². The molecule has 0 amide bonds. The Labute approximate surface area is 114 Å². The topological polar surface area (TPSA) is 29.3 Å². The molecule has 0 radical (unpaired) electrons. The third-order valence-electron chi connectivity index (χ3n) is 4.88. The first-order valence-electron chi connectivity index (χ1n) is 7.89. The highest BCUT2D eigenvalue weighted by Crippen LogP contribution is 2.33. The summed E-state index contributed by atoms with van der Waals surface area (Å²) >= 11 is 0. The number of hydrogen-bond donors (Lipinski definition) is 1. The molecule has 0 aromatic carbocycles. The van der Waals surface area contributed by atoms with Crippen LogP contribution in [-0.2, 0) is 0 Å². The maximum atomic E-state index is 6.16. The first-order valence-corrected chi connectivity index (χ1v) is 7.89. The highest BCUT2D eigenvalue weighted by molar-refractivity contribution is 4.84. The van der Waals surface area contributed by atoms with Gasteiger partial charge in [0.2, 0.25) is 0 Å². The van der Waals surface area contributed by atoms with Gasteiger partial charge in [-0.3, -0.25) is 0 Å². The second kappa shape index (κ2) is 7.49. The molecular weight excluding hydrogens is 220 g/mol. The van der Waals surface area contributed by atoms with Crippen LogP contribution in [-0.4, -0.2) is 30.6 Å². The van der Waals surface area contributed by atoms with Crippen molar-refractivity contribution in [1.29, 1.82) is 0 Å². The third kappa shape index (κ3) is 4.55. The predicted octanol–water partition coefficient (Wildman–Crippen LogP) is 3.51. The molecule has 1 aliphatic carbocycles. The van der Waals surface area contributed by atoms with Crippen molar-refractivity contribution in [3.05, 3.63) is 0 Å². The van der Waals surface area contributed by atoms with Gasteiger partial charge in [0.15, 0.2) is 0 Å². The van der Waals surface area contributed by atoms with Crippen LogP contribution in [0.15, 0.2) is 0 Å². The van der Waals surface area contributed by atoms with Crippen LogP contribution in [0.1, 0.15) is 59.8 Å². The van der Waals surface area contributed by atoms with Gasteiger partial charge in [-0.2, -0.15) is 0 Å². The Bertz CT molecular complexity index is 225. The van der Waals surface area contributed by atoms with Crippen molar-refractivity contribution in [2.24, 2.45) is 23.5 Å². The summed E-state index contributed by atoms with van der Waals surface area (Å²) in [6.45, 7) is 10.4. The van der Waals surface area contributed by atoms with E-state index in [1.165, 1.54) is 25.7 Å². The smallest absolute Gasteiger partial charge is 0.0123 e. The van der Waals surface area contributed by atoms with Gasteiger partial charge in [0.1, 0.15) is 0 Å². The summed E-state index contributed by atoms with van der Waals surface area (Å²) in [5.74, 6) is 2.31. The van der Waals surface area contributed by atoms with Crippen molar-refractivity contribution in [1.82, 2.24) is 4.90 Å². The molecule has 2 nitrogen and oxygen atoms in total. The second-order valence-electron chi connectivity index (χ2n) is 6.94. The van der Waals surface area contributed by atoms with Gasteiger partial charge in [0.25, 0.3) is 0 Å². The molecule has 2 heteroatoms. The SMILES string of the molecule is CC(C)C(N)CCN(C)C1CCCCC1C(C)C. The molecule has 0 bridgehead atoms. The zero-order valence-electron chi connectivity index (χ0n) is 13.2. The summed E-state index contributed by atoms with van der Waals surface area (Å²) in [5, 5.41) is 0. The Kier molecular flexibility index (Phi) is 6.65. The van der Waals surface area contributed by atoms with Crippen LogP contribution < -0.4 is 5.73 Å². The van der Waals surface area contributed by atoms with E-state index in [1.807, 2.05) is 0 Å². The van der Waals surface area contributed by atoms with E-state index in [2.05, 4.69) is 39.6 Å². The molecule has 0 saturated heterocycles. The van der Waals surface area contributed by atoms with Crippen molar-refractivity contribution < 1.29 is 0 Å². The van der Waals surface area contributed by atoms with E-state index in [-0.39, 0.29) is 0 Å². The van der Waals surface area contributed by atoms with Crippen LogP contribution in [0.3, 0.4) is 0 Å². The van der Waals surface area contributed by atoms with Gasteiger partial charge >= 0.3 is 0 Å². The molecule has 1 aliphatic rings. The van der Waals surface area contributed by atoms with Gasteiger partial charge in [-0.25, -0.2) is 0 Å². The van der Waals surface area contributed by atoms with Crippen LogP contribution in [0.25, 0.3) is 0 Å². The summed E-state index contributed by atoms with van der Waals surface area (Å²) in [6, 6.07) is 1.15. The monoisotopic (exact) mass is 254 g/mol. The van der Waals surface area contributed by atoms with E-state index in [1.54, 1.807) is 0 Å². The highest BCUT2D eigenvalue weighted by Gasteiger charge is 2.30. The fourth-order valence-electron chi connectivity index (χ4n) is 3.32. The Balaban J connectivity index is 2.45. The van der Waals surface area contributed by atoms with Crippen LogP contribution in [0.5, 0.6) is 0 Å². The van der Waals surface area contributed by atoms with Gasteiger partial charge in [-0.05, 0) is 50.6 Å². The van der Waals surface area contributed by atoms with E-state index < -0.39 is 0 Å². The number of nitrogens with two attached hydrogens (primary N) is 1. The molecule has 18 heavy (non-hydrogen) atoms. The van der Waals surface area contributed by atoms with Gasteiger partial charge in [-0.1, -0.05) is 40.5 Å². The van der Waals surface area contributed by atoms with Crippen LogP contribution >= 0.6 is 0 Å². The largest absolute Gasteiger partial charge is 0.327 e. The quantitative estimate of drug-likeness (QED) is 0.786. The average molecular weight is 254 g/mol. The normalized spacial score (nSPS) is 27.2. The first kappa shape index (κ1) is 16.0. The van der Waals surface area contributed by atoms with Crippen molar-refractivity contribution in [2.45, 2.75) is 71.9 Å². The molecular formula is C16H34N2. The lowest BCUT2D eigenvalue weighted by molar-refractivity contribution is 0.0964. The maximum Gasteiger partial charge on any atom is 0.0123 e. The molecule has 0 heterocycles. The van der Waals surface area contributed by atoms with Crippen molar-refractivity contribution >= 4 is 0 Å². The van der Waals surface area contributed by atoms with E-state index in [4.69, 9.17) is 5.73 Å². The van der Waals surface area contributed by atoms with Gasteiger partial charge < -0.3 is 10.6 Å². The lowest BCUT2D eigenvalue weighted by Gasteiger charge is -2.40. The highest BCUT2D eigenvalue weighted by atomic mass is 15.1. The molecule has 108 valence electrons. The second-order valence-corrected chi connectivity index (χ2v) is 6.94. The fourth-order valence-corrected chi connectivity index (χ4v) is 3.32. The molecule has 1 rings (SSSR count). The Morgan fingerprint density at radius 2 is 1.72 bits per heavy atom. The molecule has 1 saturated carbocycles. The molecule has 0 aliphatic heterocycles. The minimum Gasteiger partial charge on any atom is -0.327 e. The van der Waals surface area contributed by atoms with Crippen molar-refractivity contribution in [3.8, 4) is 0 Å². The molecule has 0 aromatic rings. The van der Waals surface area contributed by atoms with Crippen LogP contribution in [0.4, 0.5) is 0 Å². The minimum atomic E-state index is 0.355. The van der Waals surface area contributed by atoms with E-state index >= 15 is 0 Å². The molecule has 0 aromatic heterocycles. The standard InChI is InChI=1S/C16H34N2/c1-12(2)14-8-6-7-9-16(14)18(5)11-10-15(17)13(3)4/h12-16H,6-11,17H2,1-5H3. The van der Waals surface area contributed by atoms with Crippen molar-refractivity contribution in [2.75, 3.05) is 13.6 Å². The van der Waals surface area contributed by atoms with Gasteiger partial charge in [0.05, 0.1) is 0 Å². The van der Waals surface area contributed by atoms with Crippen LogP contribution in [0, 0.1) is 17.8 Å². The Morgan fingerprint density at radius 3 is 2.28 bits per heavy atom. The molecule has 3 atom stereocenters. The summed E-state index contributed by atoms with van der Waals surface area (Å²) in [7, 11) is 2.30. The lowest BCUT2D eigenvalue weighted by atomic mass is 9.77. The first-order chi connectivity index (χ1) is 8.43. The molecule has 3 unspecified atom stereocenters. The Morgan fingerprint density at radius 1 is 1.11 bits per heavy atom. The molecule has 2 N–H and O–H groups in total. The fraction of sp³-hybridized carbons (Fsp3) is 1.00. The summed E-state index contributed by atoms with van der Waals surface area (Å²) in [5.41, 5.74) is 6.16. The van der Waals surface area contributed by atoms with E-state index in [0.29, 0.717) is 12.0 Å². The minimum absolute atomic E-state index is 0.355. The van der Waals surface area contributed by atoms with E-state index in [0.717, 1.165) is 30.8 Å². The van der Waals surface area contributed by atoms with Gasteiger partial charge in [0, 0.05) is 12.1 Å². The summed E-state index contributed by atoms with van der Waals surface area (Å²) in [6.07, 6.45) is 6.78. The van der Waals surface area contributed by atoms with Crippen molar-refractivity contribution in [3.63, 3.8) is 0 Å². The number of nitrogens with zero attached hydrogens (tertiary/aromatic N) is 1. The zero-order valence-corrected chi connectivity index (χ0v) is 13.2. The van der Waals surface area contributed by atoms with Gasteiger partial charge in [-0.15, -0.1) is 0 Å². The summed E-state index contributed by atoms with van der Waals surface area (Å²) < 4.78 is 0. The molecule has 1 fully saturated rings. The number of rotatable bonds is 6. The zero-order chi connectivity index (χ0) is 13.7. The average Bonchev–Trinajstić information content (AvgIpc) is 2.35. The summed E-state index contributed by atoms with van der Waals surface area (Å²) in [4.78, 5) is 2.59. The number of hydrogen-bond acceptors (Lipinski definition) is 2. The molecule has 0 spiro atoms. The maximum absolute atomic E-state index is 6.16. The third-order valence-corrected chi connectivity index (χ3v) is 4.88. The lowest BCUT2D eigenvalue weighted by Crippen LogP contribution is -2.44.